The van der Waals surface area contributed by atoms with E-state index in [0.717, 1.165) is 29.0 Å². The number of hydrogen-bond acceptors (Lipinski definition) is 5. The summed E-state index contributed by atoms with van der Waals surface area (Å²) < 4.78 is 16.7. The summed E-state index contributed by atoms with van der Waals surface area (Å²) in [5.41, 5.74) is 3.10. The van der Waals surface area contributed by atoms with Gasteiger partial charge in [0.1, 0.15) is 5.75 Å². The van der Waals surface area contributed by atoms with Crippen molar-refractivity contribution in [3.63, 3.8) is 0 Å². The molecule has 1 aromatic heterocycles. The fourth-order valence-electron chi connectivity index (χ4n) is 3.02. The second-order valence-electron chi connectivity index (χ2n) is 6.66. The summed E-state index contributed by atoms with van der Waals surface area (Å²) in [5.74, 6) is 1.94. The van der Waals surface area contributed by atoms with Gasteiger partial charge < -0.3 is 24.4 Å². The van der Waals surface area contributed by atoms with Crippen LogP contribution in [0, 0.1) is 13.8 Å². The molecule has 7 nitrogen and oxygen atoms in total. The zero-order valence-corrected chi connectivity index (χ0v) is 17.2. The number of benzene rings is 1. The maximum absolute atomic E-state index is 12.7. The first-order valence-electron chi connectivity index (χ1n) is 9.01. The van der Waals surface area contributed by atoms with Crippen molar-refractivity contribution in [1.29, 1.82) is 0 Å². The molecule has 0 atom stereocenters. The number of ether oxygens (including phenoxy) is 3. The van der Waals surface area contributed by atoms with Crippen LogP contribution in [0.15, 0.2) is 18.3 Å². The van der Waals surface area contributed by atoms with Gasteiger partial charge in [0.05, 0.1) is 43.3 Å². The van der Waals surface area contributed by atoms with Crippen molar-refractivity contribution in [2.45, 2.75) is 26.8 Å². The van der Waals surface area contributed by atoms with E-state index < -0.39 is 0 Å². The molecule has 0 saturated heterocycles. The third kappa shape index (κ3) is 4.25. The van der Waals surface area contributed by atoms with E-state index in [1.165, 1.54) is 4.90 Å². The molecular weight excluding hydrogens is 382 g/mol. The van der Waals surface area contributed by atoms with Crippen molar-refractivity contribution in [1.82, 2.24) is 9.88 Å². The average Bonchev–Trinajstić information content (AvgIpc) is 2.89. The Bertz CT molecular complexity index is 888. The number of rotatable bonds is 4. The molecule has 0 unspecified atom stereocenters. The van der Waals surface area contributed by atoms with E-state index in [-0.39, 0.29) is 6.03 Å². The third-order valence-electron chi connectivity index (χ3n) is 4.56. The Morgan fingerprint density at radius 1 is 1.29 bits per heavy atom. The van der Waals surface area contributed by atoms with Crippen molar-refractivity contribution in [2.75, 3.05) is 32.7 Å². The maximum atomic E-state index is 12.7. The molecular formula is C20H24ClN3O4. The van der Waals surface area contributed by atoms with Crippen LogP contribution in [0.3, 0.4) is 0 Å². The van der Waals surface area contributed by atoms with Crippen LogP contribution in [-0.2, 0) is 6.54 Å². The number of carbonyl (C=O) groups is 1. The van der Waals surface area contributed by atoms with Crippen LogP contribution in [0.2, 0.25) is 5.02 Å². The van der Waals surface area contributed by atoms with E-state index in [1.54, 1.807) is 32.5 Å². The molecule has 1 aromatic carbocycles. The highest BCUT2D eigenvalue weighted by molar-refractivity contribution is 6.34. The van der Waals surface area contributed by atoms with E-state index in [1.807, 2.05) is 13.8 Å². The van der Waals surface area contributed by atoms with Crippen molar-refractivity contribution in [3.8, 4) is 17.2 Å². The number of pyridine rings is 1. The zero-order valence-electron chi connectivity index (χ0n) is 16.5. The third-order valence-corrected chi connectivity index (χ3v) is 4.87. The van der Waals surface area contributed by atoms with Gasteiger partial charge in [-0.1, -0.05) is 11.6 Å². The van der Waals surface area contributed by atoms with Crippen LogP contribution in [0.4, 0.5) is 10.5 Å². The summed E-state index contributed by atoms with van der Waals surface area (Å²) in [4.78, 5) is 18.6. The quantitative estimate of drug-likeness (QED) is 0.825. The number of halogens is 1. The molecule has 3 rings (SSSR count). The minimum absolute atomic E-state index is 0.308. The fourth-order valence-corrected chi connectivity index (χ4v) is 3.22. The number of aryl methyl sites for hydroxylation is 1. The number of methoxy groups -OCH3 is 1. The number of anilines is 1. The summed E-state index contributed by atoms with van der Waals surface area (Å²) in [5, 5.41) is 3.21. The molecule has 1 aliphatic heterocycles. The Morgan fingerprint density at radius 3 is 2.64 bits per heavy atom. The highest BCUT2D eigenvalue weighted by Gasteiger charge is 2.18. The van der Waals surface area contributed by atoms with Gasteiger partial charge in [-0.25, -0.2) is 4.79 Å². The molecule has 0 fully saturated rings. The van der Waals surface area contributed by atoms with E-state index >= 15 is 0 Å². The number of aromatic nitrogens is 1. The van der Waals surface area contributed by atoms with Crippen molar-refractivity contribution >= 4 is 23.3 Å². The largest absolute Gasteiger partial charge is 0.496 e. The van der Waals surface area contributed by atoms with Crippen molar-refractivity contribution < 1.29 is 19.0 Å². The number of hydrogen-bond donors (Lipinski definition) is 1. The first-order chi connectivity index (χ1) is 13.4. The van der Waals surface area contributed by atoms with Gasteiger partial charge in [0, 0.05) is 42.9 Å². The Morgan fingerprint density at radius 2 is 1.96 bits per heavy atom. The Hall–Kier alpha value is -2.67. The molecule has 2 aromatic rings. The Kier molecular flexibility index (Phi) is 6.14. The van der Waals surface area contributed by atoms with Crippen LogP contribution in [-0.4, -0.2) is 43.3 Å². The minimum Gasteiger partial charge on any atom is -0.496 e. The lowest BCUT2D eigenvalue weighted by atomic mass is 10.1. The van der Waals surface area contributed by atoms with Crippen molar-refractivity contribution in [3.05, 3.63) is 40.2 Å². The van der Waals surface area contributed by atoms with Gasteiger partial charge in [0.25, 0.3) is 0 Å². The van der Waals surface area contributed by atoms with Gasteiger partial charge in [0.15, 0.2) is 11.5 Å². The number of carbonyl (C=O) groups excluding carboxylic acids is 1. The molecule has 150 valence electrons. The summed E-state index contributed by atoms with van der Waals surface area (Å²) in [6.07, 6.45) is 2.54. The summed E-state index contributed by atoms with van der Waals surface area (Å²) in [6.45, 7) is 5.33. The SMILES string of the molecule is COc1c(C)cnc(CN(C)C(=O)Nc2cc3c(cc2Cl)OCCCO3)c1C. The molecule has 0 radical (unpaired) electrons. The van der Waals surface area contributed by atoms with E-state index in [4.69, 9.17) is 25.8 Å². The molecule has 1 aliphatic rings. The van der Waals surface area contributed by atoms with Crippen molar-refractivity contribution in [2.24, 2.45) is 0 Å². The number of nitrogens with one attached hydrogen (secondary N) is 1. The normalized spacial score (nSPS) is 12.9. The van der Waals surface area contributed by atoms with E-state index in [9.17, 15) is 4.79 Å². The number of urea groups is 1. The first kappa shape index (κ1) is 20.1. The van der Waals surface area contributed by atoms with Gasteiger partial charge in [0.2, 0.25) is 0 Å². The molecule has 0 bridgehead atoms. The lowest BCUT2D eigenvalue weighted by Crippen LogP contribution is -2.31. The minimum atomic E-state index is -0.308. The van der Waals surface area contributed by atoms with Gasteiger partial charge >= 0.3 is 6.03 Å². The highest BCUT2D eigenvalue weighted by atomic mass is 35.5. The number of amides is 2. The fraction of sp³-hybridized carbons (Fsp3) is 0.400. The smallest absolute Gasteiger partial charge is 0.321 e. The second-order valence-corrected chi connectivity index (χ2v) is 7.07. The molecule has 2 amide bonds. The van der Waals surface area contributed by atoms with Crippen LogP contribution < -0.4 is 19.5 Å². The van der Waals surface area contributed by atoms with E-state index in [0.29, 0.717) is 42.0 Å². The van der Waals surface area contributed by atoms with Gasteiger partial charge in [-0.05, 0) is 13.8 Å². The van der Waals surface area contributed by atoms with E-state index in [2.05, 4.69) is 10.3 Å². The van der Waals surface area contributed by atoms with Crippen LogP contribution in [0.25, 0.3) is 0 Å². The molecule has 0 saturated carbocycles. The predicted molar refractivity (Wildman–Crippen MR) is 108 cm³/mol. The molecule has 28 heavy (non-hydrogen) atoms. The monoisotopic (exact) mass is 405 g/mol. The average molecular weight is 406 g/mol. The second kappa shape index (κ2) is 8.56. The Labute approximate surface area is 169 Å². The standard InChI is InChI=1S/C20H24ClN3O4/c1-12-10-22-16(13(2)19(12)26-4)11-24(3)20(25)23-15-9-18-17(8-14(15)21)27-6-5-7-28-18/h8-10H,5-7,11H2,1-4H3,(H,23,25). The predicted octanol–water partition coefficient (Wildman–Crippen LogP) is 4.19. The Balaban J connectivity index is 1.74. The number of nitrogens with zero attached hydrogens (tertiary/aromatic N) is 2. The molecule has 2 heterocycles. The van der Waals surface area contributed by atoms with Crippen LogP contribution in [0.1, 0.15) is 23.2 Å². The van der Waals surface area contributed by atoms with Gasteiger partial charge in [-0.2, -0.15) is 0 Å². The topological polar surface area (TPSA) is 72.9 Å². The lowest BCUT2D eigenvalue weighted by molar-refractivity contribution is 0.220. The molecule has 0 aliphatic carbocycles. The van der Waals surface area contributed by atoms with Crippen LogP contribution >= 0.6 is 11.6 Å². The number of fused-ring (bicyclic) bond motifs is 1. The highest BCUT2D eigenvalue weighted by Crippen LogP contribution is 2.37. The molecule has 0 spiro atoms. The molecule has 1 N–H and O–H groups in total. The summed E-state index contributed by atoms with van der Waals surface area (Å²) in [7, 11) is 3.32. The van der Waals surface area contributed by atoms with Gasteiger partial charge in [-0.15, -0.1) is 0 Å². The first-order valence-corrected chi connectivity index (χ1v) is 9.38. The lowest BCUT2D eigenvalue weighted by Gasteiger charge is -2.21. The summed E-state index contributed by atoms with van der Waals surface area (Å²) >= 11 is 6.31. The van der Waals surface area contributed by atoms with Crippen LogP contribution in [0.5, 0.6) is 17.2 Å². The molecule has 8 heteroatoms. The summed E-state index contributed by atoms with van der Waals surface area (Å²) in [6, 6.07) is 3.04. The van der Waals surface area contributed by atoms with Gasteiger partial charge in [-0.3, -0.25) is 4.98 Å². The zero-order chi connectivity index (χ0) is 20.3. The maximum Gasteiger partial charge on any atom is 0.321 e.